The summed E-state index contributed by atoms with van der Waals surface area (Å²) in [7, 11) is 0. The van der Waals surface area contributed by atoms with Gasteiger partial charge in [0.25, 0.3) is 11.5 Å². The molecule has 2 aromatic carbocycles. The van der Waals surface area contributed by atoms with Gasteiger partial charge in [-0.3, -0.25) is 9.59 Å². The molecular formula is C25H31N3O2. The number of carbonyl (C=O) groups excluding carboxylic acids is 1. The maximum atomic E-state index is 13.1. The number of hydrogen-bond donors (Lipinski definition) is 2. The minimum absolute atomic E-state index is 0.118. The number of benzene rings is 2. The smallest absolute Gasteiger partial charge is 0.276 e. The van der Waals surface area contributed by atoms with Gasteiger partial charge in [0, 0.05) is 23.9 Å². The van der Waals surface area contributed by atoms with E-state index < -0.39 is 0 Å². The number of fused-ring (bicyclic) bond motifs is 1. The van der Waals surface area contributed by atoms with E-state index >= 15 is 0 Å². The van der Waals surface area contributed by atoms with Crippen LogP contribution >= 0.6 is 0 Å². The summed E-state index contributed by atoms with van der Waals surface area (Å²) in [6, 6.07) is 17.6. The van der Waals surface area contributed by atoms with Crippen molar-refractivity contribution in [1.29, 1.82) is 0 Å². The van der Waals surface area contributed by atoms with Crippen LogP contribution in [0.5, 0.6) is 0 Å². The Morgan fingerprint density at radius 2 is 1.63 bits per heavy atom. The summed E-state index contributed by atoms with van der Waals surface area (Å²) < 4.78 is 1.53. The van der Waals surface area contributed by atoms with Crippen molar-refractivity contribution in [1.82, 2.24) is 9.99 Å². The molecule has 0 saturated heterocycles. The van der Waals surface area contributed by atoms with Gasteiger partial charge in [-0.1, -0.05) is 62.4 Å². The van der Waals surface area contributed by atoms with Gasteiger partial charge in [-0.15, -0.1) is 0 Å². The van der Waals surface area contributed by atoms with Gasteiger partial charge in [0.15, 0.2) is 0 Å². The van der Waals surface area contributed by atoms with Crippen LogP contribution in [0.1, 0.15) is 48.3 Å². The molecule has 0 radical (unpaired) electrons. The van der Waals surface area contributed by atoms with E-state index in [0.29, 0.717) is 41.0 Å². The summed E-state index contributed by atoms with van der Waals surface area (Å²) in [4.78, 5) is 26.1. The topological polar surface area (TPSA) is 63.1 Å². The molecule has 1 heterocycles. The Kier molecular flexibility index (Phi) is 7.28. The highest BCUT2D eigenvalue weighted by Crippen LogP contribution is 2.19. The van der Waals surface area contributed by atoms with Gasteiger partial charge in [-0.25, -0.2) is 4.68 Å². The molecule has 0 aliphatic carbocycles. The van der Waals surface area contributed by atoms with E-state index in [1.165, 1.54) is 10.2 Å². The van der Waals surface area contributed by atoms with Crippen LogP contribution in [-0.4, -0.2) is 23.7 Å². The summed E-state index contributed by atoms with van der Waals surface area (Å²) in [5, 5.41) is 4.29. The highest BCUT2D eigenvalue weighted by Gasteiger charge is 2.19. The van der Waals surface area contributed by atoms with Crippen LogP contribution in [0, 0.1) is 12.8 Å². The molecule has 158 valence electrons. The lowest BCUT2D eigenvalue weighted by Gasteiger charge is -2.19. The van der Waals surface area contributed by atoms with Crippen molar-refractivity contribution >= 4 is 16.7 Å². The van der Waals surface area contributed by atoms with Crippen molar-refractivity contribution in [3.63, 3.8) is 0 Å². The third-order valence-corrected chi connectivity index (χ3v) is 5.32. The zero-order valence-corrected chi connectivity index (χ0v) is 18.1. The summed E-state index contributed by atoms with van der Waals surface area (Å²) in [6.07, 6.45) is 2.72. The first-order valence-corrected chi connectivity index (χ1v) is 10.7. The number of rotatable bonds is 9. The SMILES string of the molecule is Cc1c(C(=O)NCCCc2ccccc2)c2ccccc2c(=O)n1NCCC(C)C. The van der Waals surface area contributed by atoms with Crippen LogP contribution in [0.2, 0.25) is 0 Å². The van der Waals surface area contributed by atoms with E-state index in [-0.39, 0.29) is 11.5 Å². The first-order valence-electron chi connectivity index (χ1n) is 10.7. The Morgan fingerprint density at radius 3 is 2.33 bits per heavy atom. The molecule has 3 aromatic rings. The van der Waals surface area contributed by atoms with Crippen molar-refractivity contribution in [3.05, 3.63) is 81.8 Å². The van der Waals surface area contributed by atoms with E-state index in [4.69, 9.17) is 0 Å². The highest BCUT2D eigenvalue weighted by atomic mass is 16.2. The fraction of sp³-hybridized carbons (Fsp3) is 0.360. The lowest BCUT2D eigenvalue weighted by atomic mass is 10.0. The van der Waals surface area contributed by atoms with Crippen molar-refractivity contribution in [2.24, 2.45) is 5.92 Å². The minimum Gasteiger partial charge on any atom is -0.352 e. The molecule has 1 amide bonds. The molecular weight excluding hydrogens is 374 g/mol. The molecule has 5 heteroatoms. The summed E-state index contributed by atoms with van der Waals surface area (Å²) in [5.41, 5.74) is 5.55. The number of nitrogens with one attached hydrogen (secondary N) is 2. The van der Waals surface area contributed by atoms with Gasteiger partial charge >= 0.3 is 0 Å². The molecule has 5 nitrogen and oxygen atoms in total. The Morgan fingerprint density at radius 1 is 0.967 bits per heavy atom. The van der Waals surface area contributed by atoms with Gasteiger partial charge in [-0.2, -0.15) is 0 Å². The monoisotopic (exact) mass is 405 g/mol. The number of hydrogen-bond acceptors (Lipinski definition) is 3. The molecule has 0 fully saturated rings. The molecule has 0 spiro atoms. The van der Waals surface area contributed by atoms with E-state index in [1.54, 1.807) is 6.07 Å². The second-order valence-corrected chi connectivity index (χ2v) is 8.08. The minimum atomic E-state index is -0.142. The van der Waals surface area contributed by atoms with Crippen molar-refractivity contribution in [2.75, 3.05) is 18.5 Å². The zero-order valence-electron chi connectivity index (χ0n) is 18.1. The van der Waals surface area contributed by atoms with Crippen molar-refractivity contribution in [3.8, 4) is 0 Å². The average molecular weight is 406 g/mol. The largest absolute Gasteiger partial charge is 0.352 e. The van der Waals surface area contributed by atoms with Gasteiger partial charge in [0.2, 0.25) is 0 Å². The highest BCUT2D eigenvalue weighted by molar-refractivity contribution is 6.07. The summed E-state index contributed by atoms with van der Waals surface area (Å²) in [6.45, 7) is 7.38. The number of aromatic nitrogens is 1. The average Bonchev–Trinajstić information content (AvgIpc) is 2.74. The van der Waals surface area contributed by atoms with Crippen LogP contribution in [0.4, 0.5) is 0 Å². The molecule has 0 unspecified atom stereocenters. The summed E-state index contributed by atoms with van der Waals surface area (Å²) in [5.74, 6) is 0.387. The quantitative estimate of drug-likeness (QED) is 0.523. The Labute approximate surface area is 178 Å². The predicted octanol–water partition coefficient (Wildman–Crippen LogP) is 4.26. The number of amides is 1. The third kappa shape index (κ3) is 5.09. The first-order chi connectivity index (χ1) is 14.5. The Hall–Kier alpha value is -3.08. The van der Waals surface area contributed by atoms with Gasteiger partial charge in [-0.05, 0) is 43.7 Å². The molecule has 0 saturated carbocycles. The fourth-order valence-electron chi connectivity index (χ4n) is 3.64. The fourth-order valence-corrected chi connectivity index (χ4v) is 3.64. The maximum absolute atomic E-state index is 13.1. The maximum Gasteiger partial charge on any atom is 0.276 e. The molecule has 0 bridgehead atoms. The zero-order chi connectivity index (χ0) is 21.5. The Balaban J connectivity index is 1.80. The van der Waals surface area contributed by atoms with Gasteiger partial charge in [0.1, 0.15) is 0 Å². The standard InChI is InChI=1S/C25H31N3O2/c1-18(2)15-17-27-28-19(3)23(21-13-7-8-14-22(21)25(28)30)24(29)26-16-9-12-20-10-5-4-6-11-20/h4-8,10-11,13-14,18,27H,9,12,15-17H2,1-3H3,(H,26,29). The van der Waals surface area contributed by atoms with E-state index in [0.717, 1.165) is 19.3 Å². The van der Waals surface area contributed by atoms with Gasteiger partial charge < -0.3 is 10.7 Å². The van der Waals surface area contributed by atoms with E-state index in [2.05, 4.69) is 36.7 Å². The first kappa shape index (κ1) is 21.6. The molecule has 3 rings (SSSR count). The van der Waals surface area contributed by atoms with E-state index in [9.17, 15) is 9.59 Å². The molecule has 30 heavy (non-hydrogen) atoms. The lowest BCUT2D eigenvalue weighted by molar-refractivity contribution is 0.0953. The van der Waals surface area contributed by atoms with Crippen LogP contribution in [0.25, 0.3) is 10.8 Å². The molecule has 1 aromatic heterocycles. The lowest BCUT2D eigenvalue weighted by Crippen LogP contribution is -2.35. The van der Waals surface area contributed by atoms with Crippen molar-refractivity contribution < 1.29 is 4.79 Å². The predicted molar refractivity (Wildman–Crippen MR) is 124 cm³/mol. The van der Waals surface area contributed by atoms with Gasteiger partial charge in [0.05, 0.1) is 11.3 Å². The van der Waals surface area contributed by atoms with E-state index in [1.807, 2.05) is 43.3 Å². The number of aryl methyl sites for hydroxylation is 1. The molecule has 0 atom stereocenters. The van der Waals surface area contributed by atoms with Crippen molar-refractivity contribution in [2.45, 2.75) is 40.0 Å². The van der Waals surface area contributed by atoms with Crippen LogP contribution < -0.4 is 16.3 Å². The third-order valence-electron chi connectivity index (χ3n) is 5.32. The van der Waals surface area contributed by atoms with Crippen LogP contribution in [0.3, 0.4) is 0 Å². The number of pyridine rings is 1. The second kappa shape index (κ2) is 10.1. The molecule has 0 aliphatic rings. The number of nitrogens with zero attached hydrogens (tertiary/aromatic N) is 1. The normalized spacial score (nSPS) is 11.1. The molecule has 2 N–H and O–H groups in total. The van der Waals surface area contributed by atoms with Crippen LogP contribution in [-0.2, 0) is 6.42 Å². The number of carbonyl (C=O) groups is 1. The Bertz CT molecular complexity index is 1060. The molecule has 0 aliphatic heterocycles. The van der Waals surface area contributed by atoms with Crippen LogP contribution in [0.15, 0.2) is 59.4 Å². The summed E-state index contributed by atoms with van der Waals surface area (Å²) >= 11 is 0. The second-order valence-electron chi connectivity index (χ2n) is 8.08.